The molecule has 1 aromatic heterocycles. The normalized spacial score (nSPS) is 10.8. The Balaban J connectivity index is 2.35. The lowest BCUT2D eigenvalue weighted by atomic mass is 10.1. The van der Waals surface area contributed by atoms with Gasteiger partial charge in [-0.05, 0) is 26.3 Å². The summed E-state index contributed by atoms with van der Waals surface area (Å²) in [5.41, 5.74) is 3.52. The van der Waals surface area contributed by atoms with Crippen molar-refractivity contribution in [2.24, 2.45) is 0 Å². The molecule has 0 saturated carbocycles. The zero-order chi connectivity index (χ0) is 14.5. The summed E-state index contributed by atoms with van der Waals surface area (Å²) >= 11 is 1.70. The lowest BCUT2D eigenvalue weighted by Crippen LogP contribution is -2.02. The Kier molecular flexibility index (Phi) is 5.01. The second-order valence-corrected chi connectivity index (χ2v) is 6.02. The van der Waals surface area contributed by atoms with E-state index in [-0.39, 0.29) is 0 Å². The molecule has 0 saturated heterocycles. The highest BCUT2D eigenvalue weighted by atomic mass is 32.2. The van der Waals surface area contributed by atoms with Crippen LogP contribution in [-0.2, 0) is 6.54 Å². The van der Waals surface area contributed by atoms with E-state index >= 15 is 0 Å². The molecule has 0 aliphatic rings. The molecular formula is C16H21N3S. The molecule has 1 aromatic carbocycles. The molecule has 0 amide bonds. The lowest BCUT2D eigenvalue weighted by Gasteiger charge is -2.09. The molecule has 0 aliphatic carbocycles. The van der Waals surface area contributed by atoms with Crippen molar-refractivity contribution >= 4 is 11.8 Å². The fraction of sp³-hybridized carbons (Fsp3) is 0.375. The standard InChI is InChI=1S/C16H21N3S/c1-5-9-19-15(14-8-6-7-13(4)10-14)17-18-16(19)20-11-12(2)3/h6-8,10H,2,5,9,11H2,1,3-4H3. The Morgan fingerprint density at radius 1 is 1.35 bits per heavy atom. The third-order valence-corrected chi connectivity index (χ3v) is 4.09. The molecule has 0 atom stereocenters. The zero-order valence-corrected chi connectivity index (χ0v) is 13.2. The Hall–Kier alpha value is -1.55. The SMILES string of the molecule is C=C(C)CSc1nnc(-c2cccc(C)c2)n1CCC. The van der Waals surface area contributed by atoms with Gasteiger partial charge in [0.2, 0.25) is 0 Å². The van der Waals surface area contributed by atoms with E-state index in [0.29, 0.717) is 0 Å². The largest absolute Gasteiger partial charge is 0.302 e. The van der Waals surface area contributed by atoms with E-state index < -0.39 is 0 Å². The van der Waals surface area contributed by atoms with Crippen LogP contribution in [-0.4, -0.2) is 20.5 Å². The van der Waals surface area contributed by atoms with Gasteiger partial charge < -0.3 is 4.57 Å². The fourth-order valence-electron chi connectivity index (χ4n) is 2.01. The van der Waals surface area contributed by atoms with Crippen molar-refractivity contribution in [3.63, 3.8) is 0 Å². The minimum atomic E-state index is 0.885. The Bertz CT molecular complexity index is 602. The minimum Gasteiger partial charge on any atom is -0.302 e. The van der Waals surface area contributed by atoms with E-state index in [2.05, 4.69) is 59.5 Å². The van der Waals surface area contributed by atoms with Crippen LogP contribution >= 0.6 is 11.8 Å². The van der Waals surface area contributed by atoms with Crippen LogP contribution in [0.15, 0.2) is 41.6 Å². The summed E-state index contributed by atoms with van der Waals surface area (Å²) in [4.78, 5) is 0. The molecule has 1 heterocycles. The number of benzene rings is 1. The first kappa shape index (κ1) is 14.9. The summed E-state index contributed by atoms with van der Waals surface area (Å²) in [5, 5.41) is 9.71. The zero-order valence-electron chi connectivity index (χ0n) is 12.4. The van der Waals surface area contributed by atoms with Crippen LogP contribution < -0.4 is 0 Å². The summed E-state index contributed by atoms with van der Waals surface area (Å²) in [6.45, 7) is 11.2. The second-order valence-electron chi connectivity index (χ2n) is 5.07. The van der Waals surface area contributed by atoms with Crippen LogP contribution in [0.4, 0.5) is 0 Å². The van der Waals surface area contributed by atoms with Gasteiger partial charge in [-0.2, -0.15) is 0 Å². The lowest BCUT2D eigenvalue weighted by molar-refractivity contribution is 0.626. The first-order valence-electron chi connectivity index (χ1n) is 6.89. The summed E-state index contributed by atoms with van der Waals surface area (Å²) in [5.74, 6) is 1.84. The topological polar surface area (TPSA) is 30.7 Å². The maximum absolute atomic E-state index is 4.39. The van der Waals surface area contributed by atoms with Crippen molar-refractivity contribution in [1.82, 2.24) is 14.8 Å². The Labute approximate surface area is 125 Å². The van der Waals surface area contributed by atoms with Gasteiger partial charge in [-0.25, -0.2) is 0 Å². The third kappa shape index (κ3) is 3.51. The van der Waals surface area contributed by atoms with Crippen LogP contribution in [0.2, 0.25) is 0 Å². The van der Waals surface area contributed by atoms with Gasteiger partial charge in [0, 0.05) is 17.9 Å². The van der Waals surface area contributed by atoms with Crippen LogP contribution in [0.5, 0.6) is 0 Å². The third-order valence-electron chi connectivity index (χ3n) is 2.89. The average molecular weight is 287 g/mol. The summed E-state index contributed by atoms with van der Waals surface area (Å²) in [7, 11) is 0. The summed E-state index contributed by atoms with van der Waals surface area (Å²) in [6, 6.07) is 8.41. The van der Waals surface area contributed by atoms with Gasteiger partial charge in [0.15, 0.2) is 11.0 Å². The maximum Gasteiger partial charge on any atom is 0.191 e. The van der Waals surface area contributed by atoms with E-state index in [9.17, 15) is 0 Å². The van der Waals surface area contributed by atoms with E-state index in [4.69, 9.17) is 0 Å². The van der Waals surface area contributed by atoms with Crippen molar-refractivity contribution in [2.45, 2.75) is 38.9 Å². The highest BCUT2D eigenvalue weighted by molar-refractivity contribution is 7.99. The molecule has 0 spiro atoms. The van der Waals surface area contributed by atoms with Gasteiger partial charge in [-0.3, -0.25) is 0 Å². The van der Waals surface area contributed by atoms with Crippen molar-refractivity contribution in [3.05, 3.63) is 42.0 Å². The first-order chi connectivity index (χ1) is 9.61. The number of hydrogen-bond donors (Lipinski definition) is 0. The Morgan fingerprint density at radius 3 is 2.80 bits per heavy atom. The predicted molar refractivity (Wildman–Crippen MR) is 86.0 cm³/mol. The highest BCUT2D eigenvalue weighted by Gasteiger charge is 2.13. The molecule has 20 heavy (non-hydrogen) atoms. The van der Waals surface area contributed by atoms with Crippen LogP contribution in [0.3, 0.4) is 0 Å². The molecule has 0 radical (unpaired) electrons. The summed E-state index contributed by atoms with van der Waals surface area (Å²) < 4.78 is 2.21. The minimum absolute atomic E-state index is 0.885. The number of rotatable bonds is 6. The van der Waals surface area contributed by atoms with E-state index in [1.165, 1.54) is 5.56 Å². The number of aryl methyl sites for hydroxylation is 1. The van der Waals surface area contributed by atoms with Crippen LogP contribution in [0, 0.1) is 6.92 Å². The van der Waals surface area contributed by atoms with Crippen molar-refractivity contribution in [2.75, 3.05) is 5.75 Å². The number of nitrogens with zero attached hydrogens (tertiary/aromatic N) is 3. The molecule has 2 rings (SSSR count). The van der Waals surface area contributed by atoms with Gasteiger partial charge in [0.25, 0.3) is 0 Å². The smallest absolute Gasteiger partial charge is 0.191 e. The molecule has 0 N–H and O–H groups in total. The summed E-state index contributed by atoms with van der Waals surface area (Å²) in [6.07, 6.45) is 1.07. The van der Waals surface area contributed by atoms with Crippen LogP contribution in [0.1, 0.15) is 25.8 Å². The van der Waals surface area contributed by atoms with Gasteiger partial charge in [0.1, 0.15) is 0 Å². The average Bonchev–Trinajstić information content (AvgIpc) is 2.80. The van der Waals surface area contributed by atoms with E-state index in [0.717, 1.165) is 40.8 Å². The van der Waals surface area contributed by atoms with Gasteiger partial charge in [-0.1, -0.05) is 54.6 Å². The molecule has 0 fully saturated rings. The monoisotopic (exact) mass is 287 g/mol. The van der Waals surface area contributed by atoms with Gasteiger partial charge in [-0.15, -0.1) is 10.2 Å². The second kappa shape index (κ2) is 6.75. The number of hydrogen-bond acceptors (Lipinski definition) is 3. The van der Waals surface area contributed by atoms with E-state index in [1.807, 2.05) is 6.92 Å². The van der Waals surface area contributed by atoms with Crippen molar-refractivity contribution in [1.29, 1.82) is 0 Å². The quantitative estimate of drug-likeness (QED) is 0.585. The maximum atomic E-state index is 4.39. The molecule has 3 nitrogen and oxygen atoms in total. The molecule has 0 unspecified atom stereocenters. The number of thioether (sulfide) groups is 1. The van der Waals surface area contributed by atoms with Crippen molar-refractivity contribution in [3.8, 4) is 11.4 Å². The molecular weight excluding hydrogens is 266 g/mol. The fourth-order valence-corrected chi connectivity index (χ4v) is 2.81. The first-order valence-corrected chi connectivity index (χ1v) is 7.87. The predicted octanol–water partition coefficient (Wildman–Crippen LogP) is 4.33. The number of aromatic nitrogens is 3. The van der Waals surface area contributed by atoms with Crippen molar-refractivity contribution < 1.29 is 0 Å². The molecule has 2 aromatic rings. The Morgan fingerprint density at radius 2 is 2.15 bits per heavy atom. The van der Waals surface area contributed by atoms with E-state index in [1.54, 1.807) is 11.8 Å². The highest BCUT2D eigenvalue weighted by Crippen LogP contribution is 2.25. The molecule has 0 aliphatic heterocycles. The van der Waals surface area contributed by atoms with Crippen LogP contribution in [0.25, 0.3) is 11.4 Å². The molecule has 106 valence electrons. The molecule has 0 bridgehead atoms. The molecule has 4 heteroatoms. The van der Waals surface area contributed by atoms with Gasteiger partial charge >= 0.3 is 0 Å². The van der Waals surface area contributed by atoms with Gasteiger partial charge in [0.05, 0.1) is 0 Å².